The average molecular weight is 292 g/mol. The fourth-order valence-corrected chi connectivity index (χ4v) is 3.10. The number of aromatic amines is 1. The molecule has 1 aliphatic carbocycles. The fourth-order valence-electron chi connectivity index (χ4n) is 1.75. The third-order valence-electron chi connectivity index (χ3n) is 2.89. The van der Waals surface area contributed by atoms with Gasteiger partial charge < -0.3 is 5.32 Å². The lowest BCUT2D eigenvalue weighted by molar-refractivity contribution is 0.0944. The topological polar surface area (TPSA) is 91.9 Å². The number of hydrogen-bond donors (Lipinski definition) is 2. The van der Waals surface area contributed by atoms with Crippen LogP contribution in [0.15, 0.2) is 4.90 Å². The Kier molecular flexibility index (Phi) is 3.63. The highest BCUT2D eigenvalue weighted by Gasteiger charge is 2.27. The molecule has 0 unspecified atom stereocenters. The van der Waals surface area contributed by atoms with Gasteiger partial charge in [0.05, 0.1) is 5.69 Å². The van der Waals surface area contributed by atoms with Crippen LogP contribution < -0.4 is 5.32 Å². The van der Waals surface area contributed by atoms with E-state index in [1.54, 1.807) is 0 Å². The Morgan fingerprint density at radius 2 is 2.22 bits per heavy atom. The molecule has 0 aromatic carbocycles. The summed E-state index contributed by atoms with van der Waals surface area (Å²) < 4.78 is 22.7. The minimum absolute atomic E-state index is 0.168. The maximum absolute atomic E-state index is 11.8. The Hall–Kier alpha value is -1.08. The Balaban J connectivity index is 2.09. The van der Waals surface area contributed by atoms with Gasteiger partial charge in [0, 0.05) is 17.2 Å². The van der Waals surface area contributed by atoms with Gasteiger partial charge in [-0.05, 0) is 19.3 Å². The number of carbonyl (C=O) groups is 1. The van der Waals surface area contributed by atoms with Gasteiger partial charge in [-0.3, -0.25) is 9.89 Å². The van der Waals surface area contributed by atoms with Crippen molar-refractivity contribution in [2.24, 2.45) is 5.92 Å². The van der Waals surface area contributed by atoms with Crippen LogP contribution in [0, 0.1) is 12.8 Å². The molecule has 0 atom stereocenters. The molecule has 6 nitrogen and oxygen atoms in total. The quantitative estimate of drug-likeness (QED) is 0.797. The van der Waals surface area contributed by atoms with Crippen molar-refractivity contribution in [2.75, 3.05) is 6.54 Å². The maximum Gasteiger partial charge on any atom is 0.273 e. The number of H-pyrrole nitrogens is 1. The summed E-state index contributed by atoms with van der Waals surface area (Å²) in [6.45, 7) is 2.03. The summed E-state index contributed by atoms with van der Waals surface area (Å²) in [5.74, 6) is 0.182. The summed E-state index contributed by atoms with van der Waals surface area (Å²) in [6.07, 6.45) is 3.33. The van der Waals surface area contributed by atoms with Gasteiger partial charge in [-0.25, -0.2) is 8.42 Å². The second-order valence-corrected chi connectivity index (χ2v) is 6.95. The van der Waals surface area contributed by atoms with Gasteiger partial charge in [-0.2, -0.15) is 5.10 Å². The molecule has 8 heteroatoms. The zero-order valence-corrected chi connectivity index (χ0v) is 11.4. The van der Waals surface area contributed by atoms with E-state index in [4.69, 9.17) is 10.7 Å². The molecule has 1 aliphatic rings. The summed E-state index contributed by atoms with van der Waals surface area (Å²) >= 11 is 0. The fraction of sp³-hybridized carbons (Fsp3) is 0.600. The van der Waals surface area contributed by atoms with Crippen molar-refractivity contribution in [2.45, 2.75) is 31.1 Å². The van der Waals surface area contributed by atoms with Gasteiger partial charge in [0.1, 0.15) is 4.90 Å². The monoisotopic (exact) mass is 291 g/mol. The summed E-state index contributed by atoms with van der Waals surface area (Å²) in [5.41, 5.74) is 0.0932. The molecule has 2 rings (SSSR count). The molecule has 0 aliphatic heterocycles. The highest BCUT2D eigenvalue weighted by molar-refractivity contribution is 8.13. The third kappa shape index (κ3) is 3.02. The second kappa shape index (κ2) is 4.89. The molecule has 0 bridgehead atoms. The van der Waals surface area contributed by atoms with Crippen LogP contribution in [0.3, 0.4) is 0 Å². The van der Waals surface area contributed by atoms with E-state index < -0.39 is 15.0 Å². The molecule has 0 radical (unpaired) electrons. The zero-order chi connectivity index (χ0) is 13.3. The van der Waals surface area contributed by atoms with Crippen LogP contribution in [-0.4, -0.2) is 31.1 Å². The number of aromatic nitrogens is 2. The number of halogens is 1. The van der Waals surface area contributed by atoms with E-state index in [0.29, 0.717) is 12.5 Å². The SMILES string of the molecule is Cc1[nH]nc(C(=O)NCCC2CC2)c1S(=O)(=O)Cl. The van der Waals surface area contributed by atoms with Crippen molar-refractivity contribution < 1.29 is 13.2 Å². The van der Waals surface area contributed by atoms with Gasteiger partial charge >= 0.3 is 0 Å². The molecule has 2 N–H and O–H groups in total. The van der Waals surface area contributed by atoms with Gasteiger partial charge in [-0.15, -0.1) is 0 Å². The molecule has 0 saturated heterocycles. The number of rotatable bonds is 5. The molecule has 0 spiro atoms. The van der Waals surface area contributed by atoms with Crippen LogP contribution in [0.1, 0.15) is 35.4 Å². The molecule has 1 saturated carbocycles. The number of nitrogens with one attached hydrogen (secondary N) is 2. The predicted octanol–water partition coefficient (Wildman–Crippen LogP) is 1.18. The average Bonchev–Trinajstić information content (AvgIpc) is 2.98. The maximum atomic E-state index is 11.8. The number of carbonyl (C=O) groups excluding carboxylic acids is 1. The van der Waals surface area contributed by atoms with Crippen LogP contribution in [0.2, 0.25) is 0 Å². The standard InChI is InChI=1S/C10H14ClN3O3S/c1-6-9(18(11,16)17)8(14-13-6)10(15)12-5-4-7-2-3-7/h7H,2-5H2,1H3,(H,12,15)(H,13,14). The van der Waals surface area contributed by atoms with E-state index in [1.807, 2.05) is 0 Å². The van der Waals surface area contributed by atoms with E-state index in [-0.39, 0.29) is 16.3 Å². The number of hydrogen-bond acceptors (Lipinski definition) is 4. The molecular formula is C10H14ClN3O3S. The molecule has 100 valence electrons. The van der Waals surface area contributed by atoms with Gasteiger partial charge in [0.15, 0.2) is 5.69 Å². The van der Waals surface area contributed by atoms with Gasteiger partial charge in [-0.1, -0.05) is 12.8 Å². The first kappa shape index (κ1) is 13.4. The summed E-state index contributed by atoms with van der Waals surface area (Å²) in [4.78, 5) is 11.6. The molecule has 1 fully saturated rings. The molecule has 1 aromatic rings. The second-order valence-electron chi connectivity index (χ2n) is 4.45. The van der Waals surface area contributed by atoms with Crippen molar-refractivity contribution >= 4 is 25.6 Å². The molecule has 1 heterocycles. The Morgan fingerprint density at radius 3 is 2.78 bits per heavy atom. The van der Waals surface area contributed by atoms with Crippen LogP contribution >= 0.6 is 10.7 Å². The van der Waals surface area contributed by atoms with Crippen LogP contribution in [0.5, 0.6) is 0 Å². The summed E-state index contributed by atoms with van der Waals surface area (Å²) in [5, 5.41) is 8.81. The number of nitrogens with zero attached hydrogens (tertiary/aromatic N) is 1. The zero-order valence-electron chi connectivity index (χ0n) is 9.86. The van der Waals surface area contributed by atoms with Crippen molar-refractivity contribution in [3.8, 4) is 0 Å². The van der Waals surface area contributed by atoms with Gasteiger partial charge in [0.2, 0.25) is 0 Å². The van der Waals surface area contributed by atoms with E-state index in [2.05, 4.69) is 15.5 Å². The predicted molar refractivity (Wildman–Crippen MR) is 66.0 cm³/mol. The smallest absolute Gasteiger partial charge is 0.273 e. The minimum Gasteiger partial charge on any atom is -0.351 e. The normalized spacial score (nSPS) is 15.7. The van der Waals surface area contributed by atoms with Gasteiger partial charge in [0.25, 0.3) is 15.0 Å². The Labute approximate surface area is 110 Å². The highest BCUT2D eigenvalue weighted by Crippen LogP contribution is 2.31. The van der Waals surface area contributed by atoms with Crippen molar-refractivity contribution in [1.29, 1.82) is 0 Å². The Bertz CT molecular complexity index is 563. The first-order valence-corrected chi connectivity index (χ1v) is 7.98. The molecular weight excluding hydrogens is 278 g/mol. The summed E-state index contributed by atoms with van der Waals surface area (Å²) in [7, 11) is 1.30. The van der Waals surface area contributed by atoms with Crippen molar-refractivity contribution in [1.82, 2.24) is 15.5 Å². The third-order valence-corrected chi connectivity index (χ3v) is 4.34. The van der Waals surface area contributed by atoms with Crippen molar-refractivity contribution in [3.05, 3.63) is 11.4 Å². The lowest BCUT2D eigenvalue weighted by Gasteiger charge is -2.03. The van der Waals surface area contributed by atoms with Crippen LogP contribution in [-0.2, 0) is 9.05 Å². The molecule has 1 amide bonds. The molecule has 1 aromatic heterocycles. The largest absolute Gasteiger partial charge is 0.351 e. The first-order valence-electron chi connectivity index (χ1n) is 5.67. The first-order chi connectivity index (χ1) is 8.39. The Morgan fingerprint density at radius 1 is 1.56 bits per heavy atom. The summed E-state index contributed by atoms with van der Waals surface area (Å²) in [6, 6.07) is 0. The van der Waals surface area contributed by atoms with E-state index in [9.17, 15) is 13.2 Å². The van der Waals surface area contributed by atoms with Crippen molar-refractivity contribution in [3.63, 3.8) is 0 Å². The lowest BCUT2D eigenvalue weighted by atomic mass is 10.3. The minimum atomic E-state index is -3.98. The highest BCUT2D eigenvalue weighted by atomic mass is 35.7. The van der Waals surface area contributed by atoms with E-state index >= 15 is 0 Å². The van der Waals surface area contributed by atoms with Crippen LogP contribution in [0.4, 0.5) is 0 Å². The van der Waals surface area contributed by atoms with E-state index in [1.165, 1.54) is 19.8 Å². The molecule has 18 heavy (non-hydrogen) atoms. The van der Waals surface area contributed by atoms with E-state index in [0.717, 1.165) is 6.42 Å². The lowest BCUT2D eigenvalue weighted by Crippen LogP contribution is -2.26. The number of amides is 1. The number of aryl methyl sites for hydroxylation is 1. The van der Waals surface area contributed by atoms with Crippen LogP contribution in [0.25, 0.3) is 0 Å².